The minimum Gasteiger partial charge on any atom is -0.397 e. The Hall–Kier alpha value is -3.81. The lowest BCUT2D eigenvalue weighted by Gasteiger charge is -2.31. The molecule has 0 saturated heterocycles. The van der Waals surface area contributed by atoms with Crippen LogP contribution in [0.15, 0.2) is 73.1 Å². The van der Waals surface area contributed by atoms with Gasteiger partial charge in [0.15, 0.2) is 0 Å². The Labute approximate surface area is 200 Å². The van der Waals surface area contributed by atoms with Crippen LogP contribution in [0.3, 0.4) is 0 Å². The number of nitrogens with zero attached hydrogens (tertiary/aromatic N) is 2. The zero-order valence-electron chi connectivity index (χ0n) is 19.0. The third kappa shape index (κ3) is 4.03. The average molecular weight is 479 g/mol. The highest BCUT2D eigenvalue weighted by Gasteiger charge is 2.49. The Bertz CT molecular complexity index is 1350. The van der Waals surface area contributed by atoms with Crippen molar-refractivity contribution in [2.24, 2.45) is 0 Å². The van der Waals surface area contributed by atoms with Crippen molar-refractivity contribution in [3.63, 3.8) is 0 Å². The minimum atomic E-state index is -4.49. The van der Waals surface area contributed by atoms with Gasteiger partial charge in [-0.1, -0.05) is 54.6 Å². The molecule has 5 nitrogen and oxygen atoms in total. The molecule has 1 aromatic heterocycles. The maximum Gasteiger partial charge on any atom is 0.405 e. The lowest BCUT2D eigenvalue weighted by atomic mass is 9.73. The van der Waals surface area contributed by atoms with Gasteiger partial charge in [-0.2, -0.15) is 13.2 Å². The topological polar surface area (TPSA) is 72.9 Å². The van der Waals surface area contributed by atoms with Gasteiger partial charge in [0.1, 0.15) is 17.5 Å². The molecule has 0 fully saturated rings. The van der Waals surface area contributed by atoms with Crippen LogP contribution in [-0.4, -0.2) is 28.2 Å². The number of anilines is 1. The summed E-state index contributed by atoms with van der Waals surface area (Å²) < 4.78 is 41.0. The zero-order chi connectivity index (χ0) is 24.6. The molecule has 35 heavy (non-hydrogen) atoms. The number of carbonyl (C=O) groups is 1. The van der Waals surface area contributed by atoms with E-state index in [-0.39, 0.29) is 0 Å². The van der Waals surface area contributed by atoms with Gasteiger partial charge in [-0.25, -0.2) is 4.98 Å². The molecule has 0 aliphatic heterocycles. The van der Waals surface area contributed by atoms with Gasteiger partial charge in [-0.15, -0.1) is 0 Å². The number of hydrogen-bond acceptors (Lipinski definition) is 3. The molecule has 1 aliphatic carbocycles. The highest BCUT2D eigenvalue weighted by molar-refractivity contribution is 6.00. The molecule has 0 bridgehead atoms. The van der Waals surface area contributed by atoms with Crippen molar-refractivity contribution in [3.8, 4) is 11.1 Å². The van der Waals surface area contributed by atoms with Crippen LogP contribution in [0.2, 0.25) is 0 Å². The summed E-state index contributed by atoms with van der Waals surface area (Å²) in [6.07, 6.45) is -1.01. The fraction of sp³-hybridized carbons (Fsp3) is 0.259. The van der Waals surface area contributed by atoms with Crippen LogP contribution < -0.4 is 11.1 Å². The van der Waals surface area contributed by atoms with Crippen molar-refractivity contribution >= 4 is 22.6 Å². The van der Waals surface area contributed by atoms with Crippen molar-refractivity contribution in [2.75, 3.05) is 12.3 Å². The number of nitrogens with one attached hydrogen (secondary N) is 1. The van der Waals surface area contributed by atoms with Crippen molar-refractivity contribution in [3.05, 3.63) is 84.2 Å². The van der Waals surface area contributed by atoms with Gasteiger partial charge >= 0.3 is 6.18 Å². The summed E-state index contributed by atoms with van der Waals surface area (Å²) in [5.74, 6) is -0.618. The number of amides is 1. The molecule has 180 valence electrons. The standard InChI is InChI=1S/C27H25F3N4O/c28-27(29,30)16-32-25(35)26(20-10-3-1-8-18(20)19-9-2-4-11-21(19)26)14-5-6-15-34-17-33-24-22(31)12-7-13-23(24)34/h1-4,7-13,17H,5-6,14-16,31H2,(H,32,35). The van der Waals surface area contributed by atoms with E-state index in [1.807, 2.05) is 65.2 Å². The summed E-state index contributed by atoms with van der Waals surface area (Å²) in [5, 5.41) is 2.18. The van der Waals surface area contributed by atoms with Crippen molar-refractivity contribution < 1.29 is 18.0 Å². The summed E-state index contributed by atoms with van der Waals surface area (Å²) in [5.41, 5.74) is 10.4. The number of para-hydroxylation sites is 1. The van der Waals surface area contributed by atoms with Crippen LogP contribution in [-0.2, 0) is 16.8 Å². The van der Waals surface area contributed by atoms with Crippen LogP contribution in [0.5, 0.6) is 0 Å². The van der Waals surface area contributed by atoms with E-state index in [4.69, 9.17) is 5.73 Å². The van der Waals surface area contributed by atoms with E-state index in [0.29, 0.717) is 25.1 Å². The van der Waals surface area contributed by atoms with Gasteiger partial charge in [0.25, 0.3) is 0 Å². The number of carbonyl (C=O) groups excluding carboxylic acids is 1. The number of nitrogen functional groups attached to an aromatic ring is 1. The molecule has 1 amide bonds. The third-order valence-electron chi connectivity index (χ3n) is 6.78. The van der Waals surface area contributed by atoms with E-state index in [0.717, 1.165) is 39.7 Å². The normalized spacial score (nSPS) is 14.0. The number of aryl methyl sites for hydroxylation is 1. The van der Waals surface area contributed by atoms with Gasteiger partial charge < -0.3 is 15.6 Å². The molecule has 1 heterocycles. The Morgan fingerprint density at radius 1 is 0.943 bits per heavy atom. The molecule has 0 radical (unpaired) electrons. The Morgan fingerprint density at radius 3 is 2.26 bits per heavy atom. The number of benzene rings is 3. The second kappa shape index (κ2) is 8.76. The monoisotopic (exact) mass is 478 g/mol. The molecule has 1 aliphatic rings. The van der Waals surface area contributed by atoms with E-state index < -0.39 is 24.0 Å². The Balaban J connectivity index is 1.44. The Kier molecular flexibility index (Phi) is 5.75. The molecule has 8 heteroatoms. The number of hydrogen-bond donors (Lipinski definition) is 2. The number of imidazole rings is 1. The molecular weight excluding hydrogens is 453 g/mol. The Morgan fingerprint density at radius 2 is 1.60 bits per heavy atom. The summed E-state index contributed by atoms with van der Waals surface area (Å²) >= 11 is 0. The fourth-order valence-corrected chi connectivity index (χ4v) is 5.25. The number of rotatable bonds is 7. The van der Waals surface area contributed by atoms with E-state index in [1.165, 1.54) is 0 Å². The number of nitrogens with two attached hydrogens (primary N) is 1. The van der Waals surface area contributed by atoms with Gasteiger partial charge in [0.2, 0.25) is 5.91 Å². The molecule has 4 aromatic rings. The second-order valence-corrected chi connectivity index (χ2v) is 8.90. The van der Waals surface area contributed by atoms with Crippen LogP contribution in [0.1, 0.15) is 30.4 Å². The first-order valence-electron chi connectivity index (χ1n) is 11.5. The lowest BCUT2D eigenvalue weighted by Crippen LogP contribution is -2.47. The van der Waals surface area contributed by atoms with Crippen molar-refractivity contribution in [1.29, 1.82) is 0 Å². The zero-order valence-corrected chi connectivity index (χ0v) is 19.0. The molecule has 3 N–H and O–H groups in total. The van der Waals surface area contributed by atoms with Crippen molar-refractivity contribution in [1.82, 2.24) is 14.9 Å². The number of halogens is 3. The number of aromatic nitrogens is 2. The predicted octanol–water partition coefficient (Wildman–Crippen LogP) is 5.43. The van der Waals surface area contributed by atoms with E-state index >= 15 is 0 Å². The molecule has 0 unspecified atom stereocenters. The van der Waals surface area contributed by atoms with Crippen molar-refractivity contribution in [2.45, 2.75) is 37.4 Å². The van der Waals surface area contributed by atoms with Crippen LogP contribution in [0.4, 0.5) is 18.9 Å². The molecule has 0 spiro atoms. The first-order chi connectivity index (χ1) is 16.8. The molecule has 0 atom stereocenters. The summed E-state index contributed by atoms with van der Waals surface area (Å²) in [4.78, 5) is 17.9. The number of fused-ring (bicyclic) bond motifs is 4. The molecule has 5 rings (SSSR count). The summed E-state index contributed by atoms with van der Waals surface area (Å²) in [6, 6.07) is 20.6. The van der Waals surface area contributed by atoms with Crippen LogP contribution in [0, 0.1) is 0 Å². The molecule has 0 saturated carbocycles. The maximum atomic E-state index is 13.5. The quantitative estimate of drug-likeness (QED) is 0.275. The molecular formula is C27H25F3N4O. The highest BCUT2D eigenvalue weighted by atomic mass is 19.4. The van der Waals surface area contributed by atoms with Gasteiger partial charge in [0.05, 0.1) is 17.5 Å². The first kappa shape index (κ1) is 23.0. The van der Waals surface area contributed by atoms with Gasteiger partial charge in [0, 0.05) is 6.54 Å². The van der Waals surface area contributed by atoms with E-state index in [2.05, 4.69) is 10.3 Å². The van der Waals surface area contributed by atoms with E-state index in [1.54, 1.807) is 12.4 Å². The second-order valence-electron chi connectivity index (χ2n) is 8.90. The van der Waals surface area contributed by atoms with Gasteiger partial charge in [-0.05, 0) is 53.6 Å². The largest absolute Gasteiger partial charge is 0.405 e. The summed E-state index contributed by atoms with van der Waals surface area (Å²) in [7, 11) is 0. The first-order valence-corrected chi connectivity index (χ1v) is 11.5. The third-order valence-corrected chi connectivity index (χ3v) is 6.78. The lowest BCUT2D eigenvalue weighted by molar-refractivity contribution is -0.141. The number of alkyl halides is 3. The van der Waals surface area contributed by atoms with E-state index in [9.17, 15) is 18.0 Å². The fourth-order valence-electron chi connectivity index (χ4n) is 5.25. The number of unbranched alkanes of at least 4 members (excludes halogenated alkanes) is 1. The minimum absolute atomic E-state index is 0.388. The van der Waals surface area contributed by atoms with Crippen LogP contribution >= 0.6 is 0 Å². The van der Waals surface area contributed by atoms with Gasteiger partial charge in [-0.3, -0.25) is 4.79 Å². The maximum absolute atomic E-state index is 13.5. The predicted molar refractivity (Wildman–Crippen MR) is 130 cm³/mol. The molecule has 3 aromatic carbocycles. The van der Waals surface area contributed by atoms with Crippen LogP contribution in [0.25, 0.3) is 22.2 Å². The smallest absolute Gasteiger partial charge is 0.397 e. The highest BCUT2D eigenvalue weighted by Crippen LogP contribution is 2.51. The average Bonchev–Trinajstić information content (AvgIpc) is 3.39. The SMILES string of the molecule is Nc1cccc2c1ncn2CCCCC1(C(=O)NCC(F)(F)F)c2ccccc2-c2ccccc21. The summed E-state index contributed by atoms with van der Waals surface area (Å²) in [6.45, 7) is -0.705.